The summed E-state index contributed by atoms with van der Waals surface area (Å²) in [5.41, 5.74) is 0.605. The second-order valence-corrected chi connectivity index (χ2v) is 12.0. The van der Waals surface area contributed by atoms with Crippen molar-refractivity contribution in [3.8, 4) is 0 Å². The molecule has 1 aliphatic rings. The van der Waals surface area contributed by atoms with E-state index in [0.29, 0.717) is 11.2 Å². The fourth-order valence-corrected chi connectivity index (χ4v) is 8.44. The summed E-state index contributed by atoms with van der Waals surface area (Å²) < 4.78 is 45.9. The molecule has 0 aliphatic carbocycles. The molecule has 0 spiro atoms. The van der Waals surface area contributed by atoms with Crippen molar-refractivity contribution < 1.29 is 18.0 Å². The van der Waals surface area contributed by atoms with Gasteiger partial charge in [-0.3, -0.25) is 0 Å². The summed E-state index contributed by atoms with van der Waals surface area (Å²) in [6.45, 7) is 0. The monoisotopic (exact) mass is 517 g/mol. The molecule has 1 amide bonds. The zero-order valence-electron chi connectivity index (χ0n) is 15.3. The van der Waals surface area contributed by atoms with Crippen molar-refractivity contribution in [3.63, 3.8) is 0 Å². The fourth-order valence-electron chi connectivity index (χ4n) is 3.13. The molecule has 154 valence electrons. The van der Waals surface area contributed by atoms with Gasteiger partial charge in [0.2, 0.25) is 0 Å². The normalized spacial score (nSPS) is 16.3. The number of carbonyl (C=O) groups is 1. The standard InChI is InChI=1S/C19H19F3IN5O/c20-15-5-4-12(10-24-15)19(29)25-13-6-8-23(9-7-13)27-17-3-1-2-16-26-14(18(21)22)11-28(16)17/h1-5,10-11,13,18,27H,6-9H2,(H,25,29). The van der Waals surface area contributed by atoms with Crippen LogP contribution in [0.25, 0.3) is 5.65 Å². The Labute approximate surface area is 172 Å². The van der Waals surface area contributed by atoms with E-state index in [-0.39, 0.29) is 17.6 Å². The van der Waals surface area contributed by atoms with Crippen LogP contribution in [0.2, 0.25) is 0 Å². The molecule has 6 nitrogen and oxygen atoms in total. The number of pyridine rings is 2. The van der Waals surface area contributed by atoms with Gasteiger partial charge in [-0.15, -0.1) is 0 Å². The molecule has 29 heavy (non-hydrogen) atoms. The molecule has 0 bridgehead atoms. The van der Waals surface area contributed by atoms with Crippen LogP contribution in [0.5, 0.6) is 0 Å². The number of aromatic nitrogens is 3. The van der Waals surface area contributed by atoms with Crippen LogP contribution < -0.4 is 8.85 Å². The number of anilines is 1. The van der Waals surface area contributed by atoms with Crippen molar-refractivity contribution in [2.24, 2.45) is 0 Å². The summed E-state index contributed by atoms with van der Waals surface area (Å²) in [4.78, 5) is 19.7. The van der Waals surface area contributed by atoms with Crippen LogP contribution >= 0.6 is 20.1 Å². The third-order valence-electron chi connectivity index (χ3n) is 4.66. The van der Waals surface area contributed by atoms with Gasteiger partial charge < -0.3 is 0 Å². The van der Waals surface area contributed by atoms with Crippen LogP contribution in [0, 0.1) is 5.95 Å². The first kappa shape index (κ1) is 19.9. The molecule has 3 aromatic rings. The van der Waals surface area contributed by atoms with Gasteiger partial charge in [-0.05, 0) is 0 Å². The number of rotatable bonds is 5. The zero-order chi connectivity index (χ0) is 20.4. The molecule has 4 heterocycles. The van der Waals surface area contributed by atoms with E-state index in [2.05, 4.69) is 18.8 Å². The molecule has 4 rings (SSSR count). The predicted molar refractivity (Wildman–Crippen MR) is 112 cm³/mol. The van der Waals surface area contributed by atoms with Gasteiger partial charge in [-0.2, -0.15) is 0 Å². The van der Waals surface area contributed by atoms with Crippen molar-refractivity contribution in [1.29, 1.82) is 0 Å². The summed E-state index contributed by atoms with van der Waals surface area (Å²) in [5.74, 6) is -0.0825. The molecule has 1 saturated heterocycles. The number of halogens is 4. The van der Waals surface area contributed by atoms with Crippen molar-refractivity contribution in [2.75, 3.05) is 12.4 Å². The topological polar surface area (TPSA) is 71.3 Å². The molecule has 1 aliphatic heterocycles. The van der Waals surface area contributed by atoms with Gasteiger partial charge in [-0.25, -0.2) is 0 Å². The van der Waals surface area contributed by atoms with Crippen LogP contribution in [-0.4, -0.2) is 35.2 Å². The quantitative estimate of drug-likeness (QED) is 0.230. The maximum absolute atomic E-state index is 12.9. The minimum atomic E-state index is -2.60. The van der Waals surface area contributed by atoms with Crippen molar-refractivity contribution in [1.82, 2.24) is 19.7 Å². The summed E-state index contributed by atoms with van der Waals surface area (Å²) in [5, 5.41) is 2.98. The summed E-state index contributed by atoms with van der Waals surface area (Å²) in [6.07, 6.45) is 1.70. The molecular formula is C19H19F3IN5O. The first-order chi connectivity index (χ1) is 14.0. The Morgan fingerprint density at radius 3 is 2.69 bits per heavy atom. The molecule has 0 unspecified atom stereocenters. The predicted octanol–water partition coefficient (Wildman–Crippen LogP) is 4.23. The Balaban J connectivity index is 1.35. The number of nitrogens with zero attached hydrogens (tertiary/aromatic N) is 3. The number of carbonyl (C=O) groups excluding carboxylic acids is 1. The van der Waals surface area contributed by atoms with E-state index >= 15 is 0 Å². The third kappa shape index (κ3) is 4.62. The van der Waals surface area contributed by atoms with Crippen LogP contribution in [-0.2, 0) is 0 Å². The molecule has 1 fully saturated rings. The summed E-state index contributed by atoms with van der Waals surface area (Å²) >= 11 is -1.53. The number of hydrogen-bond acceptors (Lipinski definition) is 4. The third-order valence-corrected chi connectivity index (χ3v) is 9.83. The fraction of sp³-hybridized carbons (Fsp3) is 0.316. The zero-order valence-corrected chi connectivity index (χ0v) is 17.4. The second kappa shape index (κ2) is 8.56. The molecule has 0 aromatic carbocycles. The number of hydrogen-bond donors (Lipinski definition) is 2. The van der Waals surface area contributed by atoms with Crippen LogP contribution in [0.4, 0.5) is 19.0 Å². The Hall–Kier alpha value is -2.37. The Bertz CT molecular complexity index is 1000. The van der Waals surface area contributed by atoms with E-state index in [4.69, 9.17) is 0 Å². The van der Waals surface area contributed by atoms with E-state index < -0.39 is 32.5 Å². The van der Waals surface area contributed by atoms with Crippen molar-refractivity contribution >= 4 is 37.5 Å². The van der Waals surface area contributed by atoms with Gasteiger partial charge in [0.05, 0.1) is 0 Å². The van der Waals surface area contributed by atoms with Crippen LogP contribution in [0.3, 0.4) is 0 Å². The Kier molecular flexibility index (Phi) is 5.88. The second-order valence-electron chi connectivity index (χ2n) is 6.65. The summed E-state index contributed by atoms with van der Waals surface area (Å²) in [6, 6.07) is 8.03. The van der Waals surface area contributed by atoms with E-state index in [1.165, 1.54) is 24.5 Å². The number of fused-ring (bicyclic) bond motifs is 1. The van der Waals surface area contributed by atoms with E-state index in [1.807, 2.05) is 6.07 Å². The van der Waals surface area contributed by atoms with Crippen molar-refractivity contribution in [2.45, 2.75) is 25.3 Å². The van der Waals surface area contributed by atoms with E-state index in [0.717, 1.165) is 27.5 Å². The SMILES string of the molecule is O=C(NC1CCI(Nc2cccc3nc(C(F)F)cn23)CC1)c1ccc(F)nc1. The van der Waals surface area contributed by atoms with Crippen molar-refractivity contribution in [3.05, 3.63) is 59.9 Å². The number of amides is 1. The Morgan fingerprint density at radius 1 is 1.21 bits per heavy atom. The van der Waals surface area contributed by atoms with E-state index in [9.17, 15) is 18.0 Å². The van der Waals surface area contributed by atoms with Gasteiger partial charge in [0, 0.05) is 0 Å². The number of alkyl halides is 4. The average molecular weight is 517 g/mol. The Morgan fingerprint density at radius 2 is 2.00 bits per heavy atom. The van der Waals surface area contributed by atoms with Gasteiger partial charge in [0.1, 0.15) is 0 Å². The minimum absolute atomic E-state index is 0.0670. The molecule has 2 N–H and O–H groups in total. The molecule has 0 radical (unpaired) electrons. The molecule has 0 atom stereocenters. The summed E-state index contributed by atoms with van der Waals surface area (Å²) in [7, 11) is 0. The molecule has 0 saturated carbocycles. The first-order valence-corrected chi connectivity index (χ1v) is 13.2. The van der Waals surface area contributed by atoms with Gasteiger partial charge in [0.25, 0.3) is 0 Å². The van der Waals surface area contributed by atoms with Gasteiger partial charge in [-0.1, -0.05) is 0 Å². The number of nitrogens with one attached hydrogen (secondary N) is 2. The van der Waals surface area contributed by atoms with Gasteiger partial charge >= 0.3 is 173 Å². The molecule has 10 heteroatoms. The first-order valence-electron chi connectivity index (χ1n) is 9.06. The molecule has 3 aromatic heterocycles. The maximum atomic E-state index is 12.9. The molecular weight excluding hydrogens is 498 g/mol. The van der Waals surface area contributed by atoms with Crippen LogP contribution in [0.1, 0.15) is 35.3 Å². The average Bonchev–Trinajstić information content (AvgIpc) is 3.16. The number of imidazole rings is 1. The van der Waals surface area contributed by atoms with E-state index in [1.54, 1.807) is 16.5 Å². The van der Waals surface area contributed by atoms with Crippen LogP contribution in [0.15, 0.2) is 42.7 Å². The van der Waals surface area contributed by atoms with Gasteiger partial charge in [0.15, 0.2) is 0 Å².